The molecule has 0 aliphatic carbocycles. The van der Waals surface area contributed by atoms with E-state index in [1.807, 2.05) is 72.8 Å². The Morgan fingerprint density at radius 2 is 1.86 bits per heavy atom. The first-order valence-electron chi connectivity index (χ1n) is 11.6. The number of hydrogen-bond acceptors (Lipinski definition) is 8. The predicted octanol–water partition coefficient (Wildman–Crippen LogP) is 5.27. The van der Waals surface area contributed by atoms with Crippen LogP contribution >= 0.6 is 0 Å². The van der Waals surface area contributed by atoms with E-state index in [-0.39, 0.29) is 5.95 Å². The van der Waals surface area contributed by atoms with Crippen molar-refractivity contribution in [3.05, 3.63) is 79.0 Å². The number of methoxy groups -OCH3 is 1. The van der Waals surface area contributed by atoms with Crippen LogP contribution in [0.25, 0.3) is 11.3 Å². The van der Waals surface area contributed by atoms with E-state index in [4.69, 9.17) is 15.2 Å². The number of ether oxygens (including phenoxy) is 2. The Morgan fingerprint density at radius 1 is 1.03 bits per heavy atom. The van der Waals surface area contributed by atoms with Gasteiger partial charge in [-0.05, 0) is 43.2 Å². The van der Waals surface area contributed by atoms with E-state index in [1.54, 1.807) is 13.3 Å². The lowest BCUT2D eigenvalue weighted by Crippen LogP contribution is -2.32. The fourth-order valence-corrected chi connectivity index (χ4v) is 4.34. The first-order chi connectivity index (χ1) is 17.2. The van der Waals surface area contributed by atoms with Crippen LogP contribution in [0.1, 0.15) is 12.8 Å². The molecule has 0 bridgehead atoms. The minimum absolute atomic E-state index is 0.213. The van der Waals surface area contributed by atoms with E-state index in [2.05, 4.69) is 25.2 Å². The van der Waals surface area contributed by atoms with Crippen molar-refractivity contribution in [2.45, 2.75) is 18.9 Å². The molecule has 1 fully saturated rings. The molecule has 4 aromatic rings. The molecule has 8 nitrogen and oxygen atoms in total. The first kappa shape index (κ1) is 22.6. The smallest absolute Gasteiger partial charge is 0.222 e. The van der Waals surface area contributed by atoms with Gasteiger partial charge in [-0.1, -0.05) is 30.3 Å². The molecule has 1 saturated heterocycles. The number of nitrogens with two attached hydrogens (primary N) is 1. The van der Waals surface area contributed by atoms with Gasteiger partial charge in [0.2, 0.25) is 11.8 Å². The van der Waals surface area contributed by atoms with Gasteiger partial charge in [-0.25, -0.2) is 9.97 Å². The van der Waals surface area contributed by atoms with E-state index in [1.165, 1.54) is 0 Å². The summed E-state index contributed by atoms with van der Waals surface area (Å²) in [5.74, 6) is 2.09. The molecule has 3 heterocycles. The van der Waals surface area contributed by atoms with E-state index in [0.717, 1.165) is 48.6 Å². The maximum Gasteiger partial charge on any atom is 0.222 e. The summed E-state index contributed by atoms with van der Waals surface area (Å²) < 4.78 is 11.4. The van der Waals surface area contributed by atoms with Gasteiger partial charge < -0.3 is 25.4 Å². The van der Waals surface area contributed by atoms with Crippen molar-refractivity contribution in [2.24, 2.45) is 0 Å². The molecule has 1 atom stereocenters. The number of nitrogens with one attached hydrogen (secondary N) is 1. The van der Waals surface area contributed by atoms with E-state index in [9.17, 15) is 0 Å². The van der Waals surface area contributed by atoms with Gasteiger partial charge in [0.15, 0.2) is 0 Å². The summed E-state index contributed by atoms with van der Waals surface area (Å²) in [6.45, 7) is 1.73. The molecule has 35 heavy (non-hydrogen) atoms. The summed E-state index contributed by atoms with van der Waals surface area (Å²) in [5.41, 5.74) is 9.64. The zero-order valence-electron chi connectivity index (χ0n) is 19.6. The Bertz CT molecular complexity index is 1270. The van der Waals surface area contributed by atoms with E-state index in [0.29, 0.717) is 23.5 Å². The molecular formula is C27H28N6O2. The highest BCUT2D eigenvalue weighted by Gasteiger charge is 2.25. The highest BCUT2D eigenvalue weighted by atomic mass is 16.5. The Morgan fingerprint density at radius 3 is 2.66 bits per heavy atom. The minimum Gasteiger partial charge on any atom is -0.439 e. The van der Waals surface area contributed by atoms with Crippen molar-refractivity contribution in [1.82, 2.24) is 15.0 Å². The van der Waals surface area contributed by atoms with Crippen molar-refractivity contribution in [2.75, 3.05) is 36.2 Å². The third-order valence-corrected chi connectivity index (χ3v) is 5.95. The summed E-state index contributed by atoms with van der Waals surface area (Å²) >= 11 is 0. The summed E-state index contributed by atoms with van der Waals surface area (Å²) in [5, 5.41) is 3.29. The fraction of sp³-hybridized carbons (Fsp3) is 0.222. The maximum absolute atomic E-state index is 6.03. The van der Waals surface area contributed by atoms with Gasteiger partial charge in [-0.15, -0.1) is 0 Å². The molecule has 2 aromatic heterocycles. The molecule has 1 aliphatic rings. The van der Waals surface area contributed by atoms with Gasteiger partial charge in [-0.2, -0.15) is 4.98 Å². The third kappa shape index (κ3) is 5.50. The van der Waals surface area contributed by atoms with Gasteiger partial charge in [0.1, 0.15) is 11.6 Å². The van der Waals surface area contributed by atoms with Gasteiger partial charge in [-0.3, -0.25) is 0 Å². The van der Waals surface area contributed by atoms with Gasteiger partial charge in [0.05, 0.1) is 18.3 Å². The second kappa shape index (κ2) is 10.4. The molecule has 8 heteroatoms. The second-order valence-electron chi connectivity index (χ2n) is 8.41. The highest BCUT2D eigenvalue weighted by molar-refractivity contribution is 5.67. The van der Waals surface area contributed by atoms with Crippen LogP contribution in [0.3, 0.4) is 0 Å². The Balaban J connectivity index is 1.27. The van der Waals surface area contributed by atoms with E-state index >= 15 is 0 Å². The monoisotopic (exact) mass is 468 g/mol. The highest BCUT2D eigenvalue weighted by Crippen LogP contribution is 2.30. The predicted molar refractivity (Wildman–Crippen MR) is 138 cm³/mol. The van der Waals surface area contributed by atoms with Crippen LogP contribution in [-0.4, -0.2) is 41.3 Å². The fourth-order valence-electron chi connectivity index (χ4n) is 4.34. The van der Waals surface area contributed by atoms with Crippen LogP contribution in [0.4, 0.5) is 23.1 Å². The number of anilines is 4. The third-order valence-electron chi connectivity index (χ3n) is 5.95. The lowest BCUT2D eigenvalue weighted by Gasteiger charge is -2.26. The molecule has 178 valence electrons. The zero-order chi connectivity index (χ0) is 24.0. The van der Waals surface area contributed by atoms with Gasteiger partial charge in [0.25, 0.3) is 0 Å². The molecule has 0 radical (unpaired) electrons. The number of hydrogen-bond donors (Lipinski definition) is 2. The summed E-state index contributed by atoms with van der Waals surface area (Å²) in [4.78, 5) is 15.4. The Kier molecular flexibility index (Phi) is 6.72. The van der Waals surface area contributed by atoms with Crippen molar-refractivity contribution >= 4 is 23.1 Å². The average Bonchev–Trinajstić information content (AvgIpc) is 3.34. The summed E-state index contributed by atoms with van der Waals surface area (Å²) in [6.07, 6.45) is 4.07. The number of nitrogen functional groups attached to an aromatic ring is 1. The van der Waals surface area contributed by atoms with Crippen LogP contribution < -0.4 is 20.7 Å². The van der Waals surface area contributed by atoms with Gasteiger partial charge in [0, 0.05) is 48.9 Å². The Hall–Kier alpha value is -4.17. The number of aromatic nitrogens is 3. The molecular weight excluding hydrogens is 440 g/mol. The maximum atomic E-state index is 6.03. The number of pyridine rings is 1. The van der Waals surface area contributed by atoms with E-state index < -0.39 is 0 Å². The van der Waals surface area contributed by atoms with Crippen molar-refractivity contribution in [1.29, 1.82) is 0 Å². The molecule has 0 spiro atoms. The van der Waals surface area contributed by atoms with Crippen molar-refractivity contribution in [3.8, 4) is 22.9 Å². The number of benzene rings is 2. The summed E-state index contributed by atoms with van der Waals surface area (Å²) in [7, 11) is 1.75. The standard InChI is InChI=1S/C27H28N6O2/c1-34-18-22-8-5-15-33(22)21-13-14-29-26(16-21)35-23-11-9-20(10-12-23)30-25-17-24(31-27(28)32-25)19-6-3-2-4-7-19/h2-4,6-7,9-14,16-17,22H,5,8,15,18H2,1H3,(H3,28,30,31,32)/t22-/m0/s1. The number of nitrogens with zero attached hydrogens (tertiary/aromatic N) is 4. The molecule has 0 unspecified atom stereocenters. The van der Waals surface area contributed by atoms with Crippen LogP contribution in [0.2, 0.25) is 0 Å². The number of rotatable bonds is 8. The second-order valence-corrected chi connectivity index (χ2v) is 8.41. The molecule has 2 aromatic carbocycles. The normalized spacial score (nSPS) is 15.2. The quantitative estimate of drug-likeness (QED) is 0.361. The molecule has 3 N–H and O–H groups in total. The molecule has 0 amide bonds. The van der Waals surface area contributed by atoms with Crippen molar-refractivity contribution < 1.29 is 9.47 Å². The molecule has 5 rings (SSSR count). The van der Waals surface area contributed by atoms with Crippen LogP contribution in [0.5, 0.6) is 11.6 Å². The molecule has 1 aliphatic heterocycles. The average molecular weight is 469 g/mol. The van der Waals surface area contributed by atoms with Crippen LogP contribution in [-0.2, 0) is 4.74 Å². The van der Waals surface area contributed by atoms with Crippen LogP contribution in [0, 0.1) is 0 Å². The lowest BCUT2D eigenvalue weighted by atomic mass is 10.1. The zero-order valence-corrected chi connectivity index (χ0v) is 19.6. The summed E-state index contributed by atoms with van der Waals surface area (Å²) in [6, 6.07) is 23.8. The SMILES string of the molecule is COC[C@@H]1CCCN1c1ccnc(Oc2ccc(Nc3cc(-c4ccccc4)nc(N)n3)cc2)c1. The lowest BCUT2D eigenvalue weighted by molar-refractivity contribution is 0.181. The first-order valence-corrected chi connectivity index (χ1v) is 11.6. The largest absolute Gasteiger partial charge is 0.439 e. The minimum atomic E-state index is 0.213. The molecule has 0 saturated carbocycles. The van der Waals surface area contributed by atoms with Gasteiger partial charge >= 0.3 is 0 Å². The Labute approximate surface area is 204 Å². The topological polar surface area (TPSA) is 98.4 Å². The van der Waals surface area contributed by atoms with Crippen molar-refractivity contribution in [3.63, 3.8) is 0 Å². The van der Waals surface area contributed by atoms with Crippen LogP contribution in [0.15, 0.2) is 79.0 Å².